The number of fused-ring (bicyclic) bond motifs is 1. The smallest absolute Gasteiger partial charge is 0.231 e. The van der Waals surface area contributed by atoms with E-state index in [1.165, 1.54) is 17.7 Å². The second kappa shape index (κ2) is 6.36. The number of benzene rings is 1. The standard InChI is InChI=1S/C18H19N3O2S/c22-16-10-12(11-21(16)13-6-2-1-3-7-13)17(23)20-18-19-14-8-4-5-9-15(14)24-18/h1-3,6-7,12H,4-5,8-11H2,(H,19,20,23). The summed E-state index contributed by atoms with van der Waals surface area (Å²) < 4.78 is 0. The molecular weight excluding hydrogens is 322 g/mol. The van der Waals surface area contributed by atoms with Gasteiger partial charge in [0.15, 0.2) is 5.13 Å². The Morgan fingerprint density at radius 3 is 2.79 bits per heavy atom. The Labute approximate surface area is 144 Å². The van der Waals surface area contributed by atoms with Gasteiger partial charge in [0.1, 0.15) is 0 Å². The average Bonchev–Trinajstić information content (AvgIpc) is 3.18. The van der Waals surface area contributed by atoms with E-state index in [2.05, 4.69) is 10.3 Å². The van der Waals surface area contributed by atoms with E-state index < -0.39 is 0 Å². The van der Waals surface area contributed by atoms with Crippen molar-refractivity contribution in [2.45, 2.75) is 32.1 Å². The number of aryl methyl sites for hydroxylation is 2. The van der Waals surface area contributed by atoms with Gasteiger partial charge in [-0.2, -0.15) is 0 Å². The molecule has 0 spiro atoms. The lowest BCUT2D eigenvalue weighted by Gasteiger charge is -2.16. The van der Waals surface area contributed by atoms with E-state index in [1.54, 1.807) is 16.2 Å². The van der Waals surface area contributed by atoms with Gasteiger partial charge in [0.05, 0.1) is 11.6 Å². The second-order valence-corrected chi connectivity index (χ2v) is 7.41. The Morgan fingerprint density at radius 2 is 2.00 bits per heavy atom. The van der Waals surface area contributed by atoms with Crippen LogP contribution in [0.3, 0.4) is 0 Å². The van der Waals surface area contributed by atoms with Gasteiger partial charge in [-0.3, -0.25) is 9.59 Å². The first-order chi connectivity index (χ1) is 11.7. The molecule has 24 heavy (non-hydrogen) atoms. The monoisotopic (exact) mass is 341 g/mol. The molecule has 2 aliphatic rings. The topological polar surface area (TPSA) is 62.3 Å². The van der Waals surface area contributed by atoms with Crippen molar-refractivity contribution < 1.29 is 9.59 Å². The molecule has 1 unspecified atom stereocenters. The molecule has 1 saturated heterocycles. The number of hydrogen-bond donors (Lipinski definition) is 1. The van der Waals surface area contributed by atoms with Gasteiger partial charge in [0.2, 0.25) is 11.8 Å². The molecule has 1 aliphatic heterocycles. The van der Waals surface area contributed by atoms with Crippen LogP contribution >= 0.6 is 11.3 Å². The third-order valence-electron chi connectivity index (χ3n) is 4.64. The van der Waals surface area contributed by atoms with Crippen molar-refractivity contribution in [2.24, 2.45) is 5.92 Å². The predicted molar refractivity (Wildman–Crippen MR) is 94.3 cm³/mol. The van der Waals surface area contributed by atoms with Gasteiger partial charge >= 0.3 is 0 Å². The predicted octanol–water partition coefficient (Wildman–Crippen LogP) is 3.01. The zero-order chi connectivity index (χ0) is 16.5. The van der Waals surface area contributed by atoms with Gasteiger partial charge in [-0.25, -0.2) is 4.98 Å². The third-order valence-corrected chi connectivity index (χ3v) is 5.71. The summed E-state index contributed by atoms with van der Waals surface area (Å²) in [5.41, 5.74) is 1.98. The van der Waals surface area contributed by atoms with Crippen LogP contribution in [0.25, 0.3) is 0 Å². The van der Waals surface area contributed by atoms with Crippen LogP contribution in [0.15, 0.2) is 30.3 Å². The van der Waals surface area contributed by atoms with Gasteiger partial charge in [-0.05, 0) is 37.8 Å². The molecule has 1 fully saturated rings. The Bertz CT molecular complexity index is 748. The lowest BCUT2D eigenvalue weighted by molar-refractivity contribution is -0.122. The molecule has 1 aliphatic carbocycles. The maximum Gasteiger partial charge on any atom is 0.231 e. The Kier molecular flexibility index (Phi) is 4.06. The Balaban J connectivity index is 1.44. The van der Waals surface area contributed by atoms with E-state index in [1.807, 2.05) is 30.3 Å². The van der Waals surface area contributed by atoms with Crippen molar-refractivity contribution in [3.05, 3.63) is 40.9 Å². The lowest BCUT2D eigenvalue weighted by atomic mass is 10.0. The minimum atomic E-state index is -0.321. The van der Waals surface area contributed by atoms with Crippen molar-refractivity contribution in [2.75, 3.05) is 16.8 Å². The number of nitrogens with one attached hydrogen (secondary N) is 1. The number of rotatable bonds is 3. The zero-order valence-electron chi connectivity index (χ0n) is 13.3. The molecule has 124 valence electrons. The fourth-order valence-electron chi connectivity index (χ4n) is 3.35. The molecule has 0 bridgehead atoms. The van der Waals surface area contributed by atoms with E-state index in [9.17, 15) is 9.59 Å². The molecule has 6 heteroatoms. The van der Waals surface area contributed by atoms with Crippen LogP contribution in [0.2, 0.25) is 0 Å². The lowest BCUT2D eigenvalue weighted by Crippen LogP contribution is -2.28. The van der Waals surface area contributed by atoms with Gasteiger partial charge in [-0.15, -0.1) is 11.3 Å². The molecule has 1 atom stereocenters. The SMILES string of the molecule is O=C(Nc1nc2c(s1)CCCC2)C1CC(=O)N(c2ccccc2)C1. The molecule has 0 saturated carbocycles. The van der Waals surface area contributed by atoms with Gasteiger partial charge < -0.3 is 10.2 Å². The first-order valence-electron chi connectivity index (χ1n) is 8.35. The summed E-state index contributed by atoms with van der Waals surface area (Å²) >= 11 is 1.58. The molecule has 1 N–H and O–H groups in total. The number of amides is 2. The number of thiazole rings is 1. The molecule has 1 aromatic heterocycles. The Morgan fingerprint density at radius 1 is 1.21 bits per heavy atom. The maximum atomic E-state index is 12.5. The zero-order valence-corrected chi connectivity index (χ0v) is 14.1. The summed E-state index contributed by atoms with van der Waals surface area (Å²) in [6.45, 7) is 0.430. The van der Waals surface area contributed by atoms with Crippen LogP contribution in [0, 0.1) is 5.92 Å². The summed E-state index contributed by atoms with van der Waals surface area (Å²) in [7, 11) is 0. The number of hydrogen-bond acceptors (Lipinski definition) is 4. The van der Waals surface area contributed by atoms with E-state index >= 15 is 0 Å². The van der Waals surface area contributed by atoms with Crippen LogP contribution in [-0.4, -0.2) is 23.3 Å². The third kappa shape index (κ3) is 2.94. The highest BCUT2D eigenvalue weighted by Crippen LogP contribution is 2.31. The molecular formula is C18H19N3O2S. The van der Waals surface area contributed by atoms with Crippen molar-refractivity contribution in [3.63, 3.8) is 0 Å². The fraction of sp³-hybridized carbons (Fsp3) is 0.389. The molecule has 2 aromatic rings. The maximum absolute atomic E-state index is 12.5. The molecule has 1 aromatic carbocycles. The van der Waals surface area contributed by atoms with Crippen molar-refractivity contribution in [3.8, 4) is 0 Å². The summed E-state index contributed by atoms with van der Waals surface area (Å²) in [4.78, 5) is 32.3. The van der Waals surface area contributed by atoms with E-state index in [-0.39, 0.29) is 24.2 Å². The average molecular weight is 341 g/mol. The molecule has 4 rings (SSSR count). The number of anilines is 2. The number of nitrogens with zero attached hydrogens (tertiary/aromatic N) is 2. The minimum absolute atomic E-state index is 0.000201. The number of carbonyl (C=O) groups excluding carboxylic acids is 2. The van der Waals surface area contributed by atoms with Gasteiger partial charge in [-0.1, -0.05) is 18.2 Å². The van der Waals surface area contributed by atoms with Crippen LogP contribution in [0.4, 0.5) is 10.8 Å². The Hall–Kier alpha value is -2.21. The van der Waals surface area contributed by atoms with Crippen molar-refractivity contribution >= 4 is 34.0 Å². The number of aromatic nitrogens is 1. The summed E-state index contributed by atoms with van der Waals surface area (Å²) in [5, 5.41) is 3.60. The van der Waals surface area contributed by atoms with Gasteiger partial charge in [0, 0.05) is 23.5 Å². The molecule has 5 nitrogen and oxygen atoms in total. The first-order valence-corrected chi connectivity index (χ1v) is 9.17. The number of carbonyl (C=O) groups is 2. The van der Waals surface area contributed by atoms with Crippen LogP contribution < -0.4 is 10.2 Å². The quantitative estimate of drug-likeness (QED) is 0.933. The van der Waals surface area contributed by atoms with Crippen molar-refractivity contribution in [1.82, 2.24) is 4.98 Å². The molecule has 2 heterocycles. The summed E-state index contributed by atoms with van der Waals surface area (Å²) in [6, 6.07) is 9.50. The summed E-state index contributed by atoms with van der Waals surface area (Å²) in [6.07, 6.45) is 4.70. The normalized spacial score (nSPS) is 20.1. The van der Waals surface area contributed by atoms with Crippen LogP contribution in [0.5, 0.6) is 0 Å². The summed E-state index contributed by atoms with van der Waals surface area (Å²) in [5.74, 6) is -0.425. The van der Waals surface area contributed by atoms with E-state index in [4.69, 9.17) is 0 Å². The minimum Gasteiger partial charge on any atom is -0.312 e. The van der Waals surface area contributed by atoms with E-state index in [0.717, 1.165) is 24.2 Å². The first kappa shape index (κ1) is 15.3. The molecule has 2 amide bonds. The highest BCUT2D eigenvalue weighted by Gasteiger charge is 2.35. The van der Waals surface area contributed by atoms with Gasteiger partial charge in [0.25, 0.3) is 0 Å². The second-order valence-electron chi connectivity index (χ2n) is 6.33. The van der Waals surface area contributed by atoms with Crippen LogP contribution in [0.1, 0.15) is 29.8 Å². The van der Waals surface area contributed by atoms with Crippen LogP contribution in [-0.2, 0) is 22.4 Å². The highest BCUT2D eigenvalue weighted by atomic mass is 32.1. The van der Waals surface area contributed by atoms with Crippen molar-refractivity contribution in [1.29, 1.82) is 0 Å². The van der Waals surface area contributed by atoms with E-state index in [0.29, 0.717) is 11.7 Å². The number of para-hydroxylation sites is 1. The molecule has 0 radical (unpaired) electrons. The highest BCUT2D eigenvalue weighted by molar-refractivity contribution is 7.15. The fourth-order valence-corrected chi connectivity index (χ4v) is 4.41. The largest absolute Gasteiger partial charge is 0.312 e.